The fourth-order valence-electron chi connectivity index (χ4n) is 3.56. The second kappa shape index (κ2) is 9.59. The van der Waals surface area contributed by atoms with Crippen LogP contribution in [0.4, 0.5) is 0 Å². The number of likely N-dealkylation sites (tertiary alicyclic amines) is 1. The molecular formula is C18H27ClN4O2. The van der Waals surface area contributed by atoms with Gasteiger partial charge >= 0.3 is 0 Å². The van der Waals surface area contributed by atoms with Gasteiger partial charge in [0.05, 0.1) is 0 Å². The van der Waals surface area contributed by atoms with Crippen molar-refractivity contribution < 1.29 is 4.79 Å². The smallest absolute Gasteiger partial charge is 0.266 e. The number of pyridine rings is 1. The van der Waals surface area contributed by atoms with Gasteiger partial charge in [-0.15, -0.1) is 12.4 Å². The Morgan fingerprint density at radius 2 is 2.16 bits per heavy atom. The number of carbonyl (C=O) groups excluding carboxylic acids is 1. The number of hydrogen-bond donors (Lipinski definition) is 2. The SMILES string of the molecule is CNCC1CCCN(C(=O)CCc2c(C)[nH]c(=O)c(C#N)c2C)C1.Cl. The number of halogens is 1. The normalized spacial score (nSPS) is 16.9. The minimum atomic E-state index is -0.353. The Morgan fingerprint density at radius 3 is 2.80 bits per heavy atom. The number of nitrogens with zero attached hydrogens (tertiary/aromatic N) is 2. The summed E-state index contributed by atoms with van der Waals surface area (Å²) in [5.41, 5.74) is 2.14. The van der Waals surface area contributed by atoms with E-state index in [9.17, 15) is 9.59 Å². The van der Waals surface area contributed by atoms with Crippen molar-refractivity contribution >= 4 is 18.3 Å². The van der Waals surface area contributed by atoms with Crippen LogP contribution in [0, 0.1) is 31.1 Å². The molecule has 1 amide bonds. The molecule has 138 valence electrons. The molecule has 0 aromatic carbocycles. The van der Waals surface area contributed by atoms with E-state index < -0.39 is 0 Å². The molecule has 2 heterocycles. The molecule has 0 radical (unpaired) electrons. The molecule has 1 aromatic rings. The molecule has 1 aliphatic rings. The molecule has 0 spiro atoms. The van der Waals surface area contributed by atoms with Crippen molar-refractivity contribution in [3.8, 4) is 6.07 Å². The summed E-state index contributed by atoms with van der Waals surface area (Å²) in [4.78, 5) is 29.0. The average molecular weight is 367 g/mol. The Bertz CT molecular complexity index is 706. The minimum Gasteiger partial charge on any atom is -0.342 e. The first-order chi connectivity index (χ1) is 11.5. The lowest BCUT2D eigenvalue weighted by molar-refractivity contribution is -0.132. The van der Waals surface area contributed by atoms with Crippen molar-refractivity contribution in [2.45, 2.75) is 39.5 Å². The van der Waals surface area contributed by atoms with Crippen molar-refractivity contribution in [2.75, 3.05) is 26.7 Å². The number of hydrogen-bond acceptors (Lipinski definition) is 4. The van der Waals surface area contributed by atoms with Gasteiger partial charge in [-0.05, 0) is 63.7 Å². The Balaban J connectivity index is 0.00000312. The van der Waals surface area contributed by atoms with E-state index >= 15 is 0 Å². The molecule has 1 atom stereocenters. The number of aromatic nitrogens is 1. The van der Waals surface area contributed by atoms with Gasteiger partial charge in [0.15, 0.2) is 0 Å². The van der Waals surface area contributed by atoms with Crippen molar-refractivity contribution in [3.63, 3.8) is 0 Å². The van der Waals surface area contributed by atoms with Gasteiger partial charge in [0, 0.05) is 25.2 Å². The molecule has 7 heteroatoms. The summed E-state index contributed by atoms with van der Waals surface area (Å²) in [5, 5.41) is 12.3. The van der Waals surface area contributed by atoms with Crippen molar-refractivity contribution in [2.24, 2.45) is 5.92 Å². The first-order valence-corrected chi connectivity index (χ1v) is 8.52. The summed E-state index contributed by atoms with van der Waals surface area (Å²) in [7, 11) is 1.94. The number of aryl methyl sites for hydroxylation is 1. The molecule has 25 heavy (non-hydrogen) atoms. The predicted octanol–water partition coefficient (Wildman–Crippen LogP) is 1.68. The molecule has 0 bridgehead atoms. The standard InChI is InChI=1S/C18H26N4O2.ClH/c1-12-15(13(2)21-18(24)16(12)9-19)6-7-17(23)22-8-4-5-14(11-22)10-20-3;/h14,20H,4-8,10-11H2,1-3H3,(H,21,24);1H. The van der Waals surface area contributed by atoms with Crippen molar-refractivity contribution in [1.82, 2.24) is 15.2 Å². The first kappa shape index (κ1) is 21.2. The van der Waals surface area contributed by atoms with Crippen LogP contribution in [0.15, 0.2) is 4.79 Å². The summed E-state index contributed by atoms with van der Waals surface area (Å²) < 4.78 is 0. The maximum absolute atomic E-state index is 12.5. The second-order valence-electron chi connectivity index (χ2n) is 6.58. The molecule has 1 aromatic heterocycles. The van der Waals surface area contributed by atoms with E-state index in [4.69, 9.17) is 5.26 Å². The monoisotopic (exact) mass is 366 g/mol. The summed E-state index contributed by atoms with van der Waals surface area (Å²) in [5.74, 6) is 0.675. The molecule has 1 saturated heterocycles. The third kappa shape index (κ3) is 5.07. The van der Waals surface area contributed by atoms with Crippen LogP contribution in [0.25, 0.3) is 0 Å². The highest BCUT2D eigenvalue weighted by molar-refractivity contribution is 5.85. The number of H-pyrrole nitrogens is 1. The number of rotatable bonds is 5. The largest absolute Gasteiger partial charge is 0.342 e. The maximum Gasteiger partial charge on any atom is 0.266 e. The van der Waals surface area contributed by atoms with Crippen LogP contribution < -0.4 is 10.9 Å². The summed E-state index contributed by atoms with van der Waals surface area (Å²) in [6.45, 7) is 6.18. The first-order valence-electron chi connectivity index (χ1n) is 8.52. The minimum absolute atomic E-state index is 0. The van der Waals surface area contributed by atoms with Crippen molar-refractivity contribution in [3.05, 3.63) is 32.7 Å². The van der Waals surface area contributed by atoms with Gasteiger partial charge in [0.1, 0.15) is 11.6 Å². The van der Waals surface area contributed by atoms with E-state index in [2.05, 4.69) is 10.3 Å². The number of amides is 1. The molecular weight excluding hydrogens is 340 g/mol. The quantitative estimate of drug-likeness (QED) is 0.829. The number of piperidine rings is 1. The van der Waals surface area contributed by atoms with Crippen LogP contribution in [-0.4, -0.2) is 42.5 Å². The lowest BCUT2D eigenvalue weighted by Gasteiger charge is -2.33. The molecule has 0 saturated carbocycles. The van der Waals surface area contributed by atoms with E-state index in [0.717, 1.165) is 43.7 Å². The zero-order valence-corrected chi connectivity index (χ0v) is 16.0. The predicted molar refractivity (Wildman–Crippen MR) is 100 cm³/mol. The van der Waals surface area contributed by atoms with E-state index in [1.807, 2.05) is 24.9 Å². The Kier molecular flexibility index (Phi) is 8.14. The highest BCUT2D eigenvalue weighted by atomic mass is 35.5. The highest BCUT2D eigenvalue weighted by Gasteiger charge is 2.23. The van der Waals surface area contributed by atoms with Crippen LogP contribution in [-0.2, 0) is 11.2 Å². The third-order valence-electron chi connectivity index (χ3n) is 4.87. The topological polar surface area (TPSA) is 89.0 Å². The highest BCUT2D eigenvalue weighted by Crippen LogP contribution is 2.19. The van der Waals surface area contributed by atoms with Gasteiger partial charge in [0.2, 0.25) is 5.91 Å². The maximum atomic E-state index is 12.5. The van der Waals surface area contributed by atoms with Crippen LogP contribution >= 0.6 is 12.4 Å². The van der Waals surface area contributed by atoms with Gasteiger partial charge < -0.3 is 15.2 Å². The molecule has 2 rings (SSSR count). The molecule has 6 nitrogen and oxygen atoms in total. The molecule has 0 aliphatic carbocycles. The Hall–Kier alpha value is -1.84. The van der Waals surface area contributed by atoms with Crippen LogP contribution in [0.5, 0.6) is 0 Å². The lowest BCUT2D eigenvalue weighted by Crippen LogP contribution is -2.42. The van der Waals surface area contributed by atoms with Gasteiger partial charge in [-0.25, -0.2) is 0 Å². The van der Waals surface area contributed by atoms with Crippen LogP contribution in [0.2, 0.25) is 0 Å². The van der Waals surface area contributed by atoms with E-state index in [0.29, 0.717) is 24.3 Å². The molecule has 1 unspecified atom stereocenters. The zero-order valence-electron chi connectivity index (χ0n) is 15.1. The summed E-state index contributed by atoms with van der Waals surface area (Å²) in [6, 6.07) is 1.96. The molecule has 2 N–H and O–H groups in total. The van der Waals surface area contributed by atoms with E-state index in [1.165, 1.54) is 0 Å². The van der Waals surface area contributed by atoms with Crippen LogP contribution in [0.1, 0.15) is 41.6 Å². The number of nitriles is 1. The molecule has 1 aliphatic heterocycles. The van der Waals surface area contributed by atoms with Gasteiger partial charge in [-0.2, -0.15) is 5.26 Å². The Labute approximate surface area is 155 Å². The fourth-order valence-corrected chi connectivity index (χ4v) is 3.56. The van der Waals surface area contributed by atoms with Gasteiger partial charge in [-0.3, -0.25) is 9.59 Å². The van der Waals surface area contributed by atoms with Gasteiger partial charge in [0.25, 0.3) is 5.56 Å². The summed E-state index contributed by atoms with van der Waals surface area (Å²) >= 11 is 0. The average Bonchev–Trinajstić information content (AvgIpc) is 2.55. The Morgan fingerprint density at radius 1 is 1.44 bits per heavy atom. The van der Waals surface area contributed by atoms with Crippen LogP contribution in [0.3, 0.4) is 0 Å². The van der Waals surface area contributed by atoms with E-state index in [1.54, 1.807) is 6.92 Å². The zero-order chi connectivity index (χ0) is 17.7. The number of nitrogens with one attached hydrogen (secondary N) is 2. The second-order valence-corrected chi connectivity index (χ2v) is 6.58. The number of aromatic amines is 1. The van der Waals surface area contributed by atoms with E-state index in [-0.39, 0.29) is 29.4 Å². The lowest BCUT2D eigenvalue weighted by atomic mass is 9.96. The fraction of sp³-hybridized carbons (Fsp3) is 0.611. The molecule has 1 fully saturated rings. The van der Waals surface area contributed by atoms with Gasteiger partial charge in [-0.1, -0.05) is 0 Å². The third-order valence-corrected chi connectivity index (χ3v) is 4.87. The van der Waals surface area contributed by atoms with Crippen molar-refractivity contribution in [1.29, 1.82) is 5.26 Å². The summed E-state index contributed by atoms with van der Waals surface area (Å²) in [6.07, 6.45) is 3.17. The number of carbonyl (C=O) groups is 1.